The monoisotopic (exact) mass is 438 g/mol. The first kappa shape index (κ1) is 20.2. The number of hydrogen-bond donors (Lipinski definition) is 1. The van der Waals surface area contributed by atoms with Crippen molar-refractivity contribution in [3.05, 3.63) is 63.1 Å². The molecule has 0 unspecified atom stereocenters. The van der Waals surface area contributed by atoms with Gasteiger partial charge in [0.2, 0.25) is 10.0 Å². The fraction of sp³-hybridized carbons (Fsp3) is 0.429. The quantitative estimate of drug-likeness (QED) is 0.733. The number of sulfonamides is 1. The van der Waals surface area contributed by atoms with Crippen LogP contribution in [0.5, 0.6) is 0 Å². The Hall–Kier alpha value is -1.11. The highest BCUT2D eigenvalue weighted by atomic mass is 35.5. The molecule has 4 rings (SSSR count). The van der Waals surface area contributed by atoms with Crippen molar-refractivity contribution in [2.45, 2.75) is 42.5 Å². The summed E-state index contributed by atoms with van der Waals surface area (Å²) in [4.78, 5) is 0.392. The van der Waals surface area contributed by atoms with Gasteiger partial charge in [-0.1, -0.05) is 35.3 Å². The molecule has 28 heavy (non-hydrogen) atoms. The second-order valence-electron chi connectivity index (χ2n) is 7.55. The number of rotatable bonds is 4. The number of halogens is 2. The first-order valence-corrected chi connectivity index (χ1v) is 11.9. The summed E-state index contributed by atoms with van der Waals surface area (Å²) in [5, 5.41) is 4.43. The number of nitrogens with one attached hydrogen (secondary N) is 1. The minimum atomic E-state index is -3.43. The van der Waals surface area contributed by atoms with Gasteiger partial charge in [-0.25, -0.2) is 8.42 Å². The van der Waals surface area contributed by atoms with Crippen molar-refractivity contribution < 1.29 is 8.42 Å². The number of fused-ring (bicyclic) bond motifs is 1. The lowest BCUT2D eigenvalue weighted by atomic mass is 9.77. The van der Waals surface area contributed by atoms with Crippen LogP contribution in [0.1, 0.15) is 54.3 Å². The third kappa shape index (κ3) is 3.59. The van der Waals surface area contributed by atoms with E-state index in [1.54, 1.807) is 10.4 Å². The lowest BCUT2D eigenvalue weighted by Crippen LogP contribution is -2.29. The standard InChI is InChI=1S/C21H24Cl2N2O2S/c1-24-21-9-7-16(14-4-8-19(22)20(23)12-14)17-6-5-15(13-18(17)21)28(26,27)25-10-2-3-11-25/h4-6,8,12-13,16,21,24H,2-3,7,9-11H2,1H3/t16-,21-/m0/s1. The van der Waals surface area contributed by atoms with Crippen molar-refractivity contribution in [2.75, 3.05) is 20.1 Å². The Balaban J connectivity index is 1.77. The second kappa shape index (κ2) is 7.96. The molecule has 2 aromatic carbocycles. The topological polar surface area (TPSA) is 49.4 Å². The van der Waals surface area contributed by atoms with Crippen LogP contribution in [0.2, 0.25) is 10.0 Å². The Kier molecular flexibility index (Phi) is 5.73. The molecule has 2 aliphatic rings. The van der Waals surface area contributed by atoms with E-state index in [1.165, 1.54) is 0 Å². The molecule has 150 valence electrons. The summed E-state index contributed by atoms with van der Waals surface area (Å²) in [5.41, 5.74) is 3.33. The normalized spacial score (nSPS) is 23.0. The van der Waals surface area contributed by atoms with Crippen LogP contribution in [0.15, 0.2) is 41.3 Å². The molecule has 1 aliphatic carbocycles. The van der Waals surface area contributed by atoms with E-state index in [0.29, 0.717) is 28.0 Å². The average molecular weight is 439 g/mol. The molecule has 0 aromatic heterocycles. The highest BCUT2D eigenvalue weighted by Crippen LogP contribution is 2.43. The number of hydrogen-bond acceptors (Lipinski definition) is 3. The minimum Gasteiger partial charge on any atom is -0.313 e. The van der Waals surface area contributed by atoms with Gasteiger partial charge in [0, 0.05) is 25.0 Å². The molecular weight excluding hydrogens is 415 g/mol. The van der Waals surface area contributed by atoms with Crippen LogP contribution >= 0.6 is 23.2 Å². The van der Waals surface area contributed by atoms with Crippen molar-refractivity contribution in [1.82, 2.24) is 9.62 Å². The van der Waals surface area contributed by atoms with E-state index in [4.69, 9.17) is 23.2 Å². The van der Waals surface area contributed by atoms with Gasteiger partial charge in [0.1, 0.15) is 0 Å². The van der Waals surface area contributed by atoms with E-state index in [-0.39, 0.29) is 12.0 Å². The van der Waals surface area contributed by atoms with Crippen molar-refractivity contribution >= 4 is 33.2 Å². The van der Waals surface area contributed by atoms with Gasteiger partial charge in [-0.3, -0.25) is 0 Å². The van der Waals surface area contributed by atoms with Crippen molar-refractivity contribution in [1.29, 1.82) is 0 Å². The van der Waals surface area contributed by atoms with Gasteiger partial charge < -0.3 is 5.32 Å². The summed E-state index contributed by atoms with van der Waals surface area (Å²) in [6, 6.07) is 11.5. The average Bonchev–Trinajstić information content (AvgIpc) is 3.24. The molecular formula is C21H24Cl2N2O2S. The van der Waals surface area contributed by atoms with Gasteiger partial charge in [0.25, 0.3) is 0 Å². The maximum absolute atomic E-state index is 13.0. The molecule has 4 nitrogen and oxygen atoms in total. The zero-order valence-corrected chi connectivity index (χ0v) is 18.1. The molecule has 1 N–H and O–H groups in total. The van der Waals surface area contributed by atoms with E-state index in [2.05, 4.69) is 5.32 Å². The summed E-state index contributed by atoms with van der Waals surface area (Å²) in [5.74, 6) is 0.179. The lowest BCUT2D eigenvalue weighted by molar-refractivity contribution is 0.465. The largest absolute Gasteiger partial charge is 0.313 e. The molecule has 2 aromatic rings. The minimum absolute atomic E-state index is 0.141. The first-order valence-electron chi connectivity index (χ1n) is 9.68. The van der Waals surface area contributed by atoms with E-state index in [0.717, 1.165) is 42.4 Å². The Labute approximate surface area is 176 Å². The Morgan fingerprint density at radius 1 is 0.964 bits per heavy atom. The molecule has 0 bridgehead atoms. The zero-order valence-electron chi connectivity index (χ0n) is 15.8. The molecule has 7 heteroatoms. The van der Waals surface area contributed by atoms with E-state index < -0.39 is 10.0 Å². The molecule has 1 fully saturated rings. The van der Waals surface area contributed by atoms with Crippen LogP contribution in [0.25, 0.3) is 0 Å². The molecule has 0 radical (unpaired) electrons. The highest BCUT2D eigenvalue weighted by Gasteiger charge is 2.32. The van der Waals surface area contributed by atoms with Crippen LogP contribution < -0.4 is 5.32 Å². The van der Waals surface area contributed by atoms with E-state index in [1.807, 2.05) is 37.4 Å². The molecule has 1 saturated heterocycles. The highest BCUT2D eigenvalue weighted by molar-refractivity contribution is 7.89. The van der Waals surface area contributed by atoms with Crippen molar-refractivity contribution in [3.63, 3.8) is 0 Å². The van der Waals surface area contributed by atoms with Crippen molar-refractivity contribution in [3.8, 4) is 0 Å². The molecule has 0 spiro atoms. The fourth-order valence-corrected chi connectivity index (χ4v) is 6.29. The summed E-state index contributed by atoms with van der Waals surface area (Å²) in [6.45, 7) is 1.22. The Morgan fingerprint density at radius 3 is 2.39 bits per heavy atom. The summed E-state index contributed by atoms with van der Waals surface area (Å²) in [6.07, 6.45) is 3.77. The lowest BCUT2D eigenvalue weighted by Gasteiger charge is -2.32. The zero-order chi connectivity index (χ0) is 19.9. The third-order valence-electron chi connectivity index (χ3n) is 5.95. The predicted molar refractivity (Wildman–Crippen MR) is 114 cm³/mol. The van der Waals surface area contributed by atoms with E-state index >= 15 is 0 Å². The maximum Gasteiger partial charge on any atom is 0.243 e. The van der Waals surface area contributed by atoms with Crippen LogP contribution in [0.3, 0.4) is 0 Å². The number of nitrogens with zero attached hydrogens (tertiary/aromatic N) is 1. The van der Waals surface area contributed by atoms with Gasteiger partial charge in [-0.2, -0.15) is 4.31 Å². The summed E-state index contributed by atoms with van der Waals surface area (Å²) < 4.78 is 27.6. The van der Waals surface area contributed by atoms with Crippen LogP contribution in [0, 0.1) is 0 Å². The van der Waals surface area contributed by atoms with Gasteiger partial charge in [0.05, 0.1) is 14.9 Å². The first-order chi connectivity index (χ1) is 13.4. The van der Waals surface area contributed by atoms with Gasteiger partial charge in [-0.15, -0.1) is 0 Å². The Morgan fingerprint density at radius 2 is 1.71 bits per heavy atom. The molecule has 1 aliphatic heterocycles. The predicted octanol–water partition coefficient (Wildman–Crippen LogP) is 4.96. The second-order valence-corrected chi connectivity index (χ2v) is 10.3. The molecule has 0 saturated carbocycles. The van der Waals surface area contributed by atoms with Crippen LogP contribution in [0.4, 0.5) is 0 Å². The van der Waals surface area contributed by atoms with Crippen molar-refractivity contribution in [2.24, 2.45) is 0 Å². The molecule has 1 heterocycles. The Bertz CT molecular complexity index is 988. The molecule has 0 amide bonds. The van der Waals surface area contributed by atoms with Crippen LogP contribution in [-0.2, 0) is 10.0 Å². The third-order valence-corrected chi connectivity index (χ3v) is 8.58. The van der Waals surface area contributed by atoms with Gasteiger partial charge in [-0.05, 0) is 73.7 Å². The smallest absolute Gasteiger partial charge is 0.243 e. The molecule has 2 atom stereocenters. The fourth-order valence-electron chi connectivity index (χ4n) is 4.43. The summed E-state index contributed by atoms with van der Waals surface area (Å²) >= 11 is 12.3. The van der Waals surface area contributed by atoms with Gasteiger partial charge in [0.15, 0.2) is 0 Å². The summed E-state index contributed by atoms with van der Waals surface area (Å²) in [7, 11) is -1.51. The van der Waals surface area contributed by atoms with Gasteiger partial charge >= 0.3 is 0 Å². The number of benzene rings is 2. The van der Waals surface area contributed by atoms with Crippen LogP contribution in [-0.4, -0.2) is 32.9 Å². The maximum atomic E-state index is 13.0. The SMILES string of the molecule is CN[C@H]1CC[C@@H](c2ccc(Cl)c(Cl)c2)c2ccc(S(=O)(=O)N3CCCC3)cc21. The van der Waals surface area contributed by atoms with E-state index in [9.17, 15) is 8.42 Å².